The zero-order chi connectivity index (χ0) is 19.0. The first-order chi connectivity index (χ1) is 12.3. The first-order valence-electron chi connectivity index (χ1n) is 8.09. The van der Waals surface area contributed by atoms with E-state index in [2.05, 4.69) is 0 Å². The SMILES string of the molecule is CCc1cc(=O)oc2cc(O[C@H]3O[C@H](CO)[C@@H](O)[C@H](O)[C@H]3O)c(Cl)cc12. The highest BCUT2D eigenvalue weighted by atomic mass is 35.5. The fraction of sp³-hybridized carbons (Fsp3) is 0.471. The molecule has 1 saturated heterocycles. The number of fused-ring (bicyclic) bond motifs is 1. The second-order valence-corrected chi connectivity index (χ2v) is 6.45. The van der Waals surface area contributed by atoms with Crippen LogP contribution >= 0.6 is 11.6 Å². The quantitative estimate of drug-likeness (QED) is 0.548. The second-order valence-electron chi connectivity index (χ2n) is 6.04. The lowest BCUT2D eigenvalue weighted by Crippen LogP contribution is -2.60. The van der Waals surface area contributed by atoms with E-state index >= 15 is 0 Å². The standard InChI is InChI=1S/C17H19ClO8/c1-2-7-3-13(20)24-10-5-11(9(18)4-8(7)10)25-17-16(23)15(22)14(21)12(6-19)26-17/h3-5,12,14-17,19,21-23H,2,6H2,1H3/t12-,14-,15+,16-,17+/m1/s1. The minimum atomic E-state index is -1.58. The van der Waals surface area contributed by atoms with Crippen LogP contribution in [0.2, 0.25) is 5.02 Å². The number of rotatable bonds is 4. The molecule has 1 aliphatic rings. The number of hydrogen-bond acceptors (Lipinski definition) is 8. The molecule has 1 fully saturated rings. The van der Waals surface area contributed by atoms with Gasteiger partial charge in [0.1, 0.15) is 35.7 Å². The third-order valence-corrected chi connectivity index (χ3v) is 4.65. The molecule has 0 unspecified atom stereocenters. The summed E-state index contributed by atoms with van der Waals surface area (Å²) in [6.45, 7) is 1.31. The minimum absolute atomic E-state index is 0.0555. The van der Waals surface area contributed by atoms with Gasteiger partial charge in [-0.1, -0.05) is 18.5 Å². The van der Waals surface area contributed by atoms with E-state index in [0.717, 1.165) is 5.56 Å². The van der Waals surface area contributed by atoms with Crippen LogP contribution in [-0.4, -0.2) is 57.7 Å². The highest BCUT2D eigenvalue weighted by molar-refractivity contribution is 6.32. The smallest absolute Gasteiger partial charge is 0.336 e. The molecule has 3 rings (SSSR count). The molecule has 1 aliphatic heterocycles. The molecule has 4 N–H and O–H groups in total. The summed E-state index contributed by atoms with van der Waals surface area (Å²) >= 11 is 6.23. The molecule has 2 aromatic rings. The van der Waals surface area contributed by atoms with Crippen molar-refractivity contribution < 1.29 is 34.3 Å². The Bertz CT molecular complexity index is 849. The predicted molar refractivity (Wildman–Crippen MR) is 91.3 cm³/mol. The number of benzene rings is 1. The lowest BCUT2D eigenvalue weighted by Gasteiger charge is -2.39. The van der Waals surface area contributed by atoms with Crippen LogP contribution in [0.25, 0.3) is 11.0 Å². The van der Waals surface area contributed by atoms with Crippen molar-refractivity contribution in [1.82, 2.24) is 0 Å². The van der Waals surface area contributed by atoms with E-state index < -0.39 is 42.9 Å². The third kappa shape index (κ3) is 3.44. The van der Waals surface area contributed by atoms with Crippen molar-refractivity contribution in [2.24, 2.45) is 0 Å². The summed E-state index contributed by atoms with van der Waals surface area (Å²) in [5.41, 5.74) is 0.492. The van der Waals surface area contributed by atoms with Gasteiger partial charge in [-0.15, -0.1) is 0 Å². The number of aliphatic hydroxyl groups is 4. The van der Waals surface area contributed by atoms with Gasteiger partial charge in [-0.05, 0) is 18.1 Å². The number of aliphatic hydroxyl groups excluding tert-OH is 4. The molecule has 142 valence electrons. The maximum Gasteiger partial charge on any atom is 0.336 e. The molecule has 2 heterocycles. The summed E-state index contributed by atoms with van der Waals surface area (Å²) in [6.07, 6.45) is -6.54. The van der Waals surface area contributed by atoms with E-state index in [1.807, 2.05) is 6.92 Å². The molecule has 0 saturated carbocycles. The number of halogens is 1. The maximum atomic E-state index is 11.7. The summed E-state index contributed by atoms with van der Waals surface area (Å²) in [6, 6.07) is 4.34. The zero-order valence-electron chi connectivity index (χ0n) is 13.8. The fourth-order valence-corrected chi connectivity index (χ4v) is 3.11. The molecule has 1 aromatic heterocycles. The first kappa shape index (κ1) is 19.1. The Labute approximate surface area is 153 Å². The van der Waals surface area contributed by atoms with Crippen molar-refractivity contribution in [3.63, 3.8) is 0 Å². The topological polar surface area (TPSA) is 130 Å². The Hall–Kier alpha value is -1.68. The predicted octanol–water partition coefficient (Wildman–Crippen LogP) is 0.187. The Balaban J connectivity index is 1.95. The molecule has 0 amide bonds. The van der Waals surface area contributed by atoms with Gasteiger partial charge in [0.2, 0.25) is 6.29 Å². The van der Waals surface area contributed by atoms with Crippen LogP contribution in [0.1, 0.15) is 12.5 Å². The highest BCUT2D eigenvalue weighted by Crippen LogP contribution is 2.34. The van der Waals surface area contributed by atoms with Crippen LogP contribution in [-0.2, 0) is 11.2 Å². The molecule has 9 heteroatoms. The van der Waals surface area contributed by atoms with E-state index in [1.165, 1.54) is 12.1 Å². The largest absolute Gasteiger partial charge is 0.460 e. The Morgan fingerprint density at radius 1 is 1.15 bits per heavy atom. The summed E-state index contributed by atoms with van der Waals surface area (Å²) < 4.78 is 16.0. The van der Waals surface area contributed by atoms with Crippen molar-refractivity contribution in [3.05, 3.63) is 39.2 Å². The van der Waals surface area contributed by atoms with Crippen molar-refractivity contribution in [1.29, 1.82) is 0 Å². The Kier molecular flexibility index (Phi) is 5.52. The summed E-state index contributed by atoms with van der Waals surface area (Å²) in [5, 5.41) is 39.7. The zero-order valence-corrected chi connectivity index (χ0v) is 14.6. The average molecular weight is 387 g/mol. The molecule has 0 radical (unpaired) electrons. The van der Waals surface area contributed by atoms with Gasteiger partial charge in [0.25, 0.3) is 0 Å². The van der Waals surface area contributed by atoms with Gasteiger partial charge in [-0.25, -0.2) is 4.79 Å². The Morgan fingerprint density at radius 2 is 1.88 bits per heavy atom. The molecular weight excluding hydrogens is 368 g/mol. The van der Waals surface area contributed by atoms with Crippen LogP contribution in [0.5, 0.6) is 5.75 Å². The Morgan fingerprint density at radius 3 is 2.54 bits per heavy atom. The van der Waals surface area contributed by atoms with E-state index in [0.29, 0.717) is 11.8 Å². The number of ether oxygens (including phenoxy) is 2. The summed E-state index contributed by atoms with van der Waals surface area (Å²) in [5.74, 6) is 0.0555. The lowest BCUT2D eigenvalue weighted by atomic mass is 9.99. The van der Waals surface area contributed by atoms with Gasteiger partial charge in [0.15, 0.2) is 0 Å². The van der Waals surface area contributed by atoms with E-state index in [9.17, 15) is 25.2 Å². The number of aryl methyl sites for hydroxylation is 1. The van der Waals surface area contributed by atoms with E-state index in [1.54, 1.807) is 6.07 Å². The first-order valence-corrected chi connectivity index (χ1v) is 8.47. The van der Waals surface area contributed by atoms with Gasteiger partial charge in [-0.3, -0.25) is 0 Å². The van der Waals surface area contributed by atoms with Gasteiger partial charge < -0.3 is 34.3 Å². The average Bonchev–Trinajstić information content (AvgIpc) is 2.62. The monoisotopic (exact) mass is 386 g/mol. The van der Waals surface area contributed by atoms with Crippen LogP contribution in [0, 0.1) is 0 Å². The fourth-order valence-electron chi connectivity index (χ4n) is 2.90. The molecule has 8 nitrogen and oxygen atoms in total. The molecule has 26 heavy (non-hydrogen) atoms. The van der Waals surface area contributed by atoms with Crippen LogP contribution < -0.4 is 10.4 Å². The molecule has 0 aliphatic carbocycles. The van der Waals surface area contributed by atoms with Crippen molar-refractivity contribution >= 4 is 22.6 Å². The minimum Gasteiger partial charge on any atom is -0.460 e. The van der Waals surface area contributed by atoms with Crippen molar-refractivity contribution in [3.8, 4) is 5.75 Å². The van der Waals surface area contributed by atoms with Crippen molar-refractivity contribution in [2.45, 2.75) is 44.1 Å². The highest BCUT2D eigenvalue weighted by Gasteiger charge is 2.44. The third-order valence-electron chi connectivity index (χ3n) is 4.36. The normalized spacial score (nSPS) is 29.1. The van der Waals surface area contributed by atoms with Crippen LogP contribution in [0.3, 0.4) is 0 Å². The number of hydrogen-bond donors (Lipinski definition) is 4. The lowest BCUT2D eigenvalue weighted by molar-refractivity contribution is -0.277. The van der Waals surface area contributed by atoms with Gasteiger partial charge >= 0.3 is 5.63 Å². The van der Waals surface area contributed by atoms with Gasteiger partial charge in [0.05, 0.1) is 11.6 Å². The molecule has 0 bridgehead atoms. The van der Waals surface area contributed by atoms with E-state index in [-0.39, 0.29) is 16.4 Å². The molecular formula is C17H19ClO8. The second kappa shape index (κ2) is 7.51. The summed E-state index contributed by atoms with van der Waals surface area (Å²) in [4.78, 5) is 11.7. The molecule has 1 aromatic carbocycles. The van der Waals surface area contributed by atoms with Crippen molar-refractivity contribution in [2.75, 3.05) is 6.61 Å². The van der Waals surface area contributed by atoms with Gasteiger partial charge in [0, 0.05) is 17.5 Å². The maximum absolute atomic E-state index is 11.7. The van der Waals surface area contributed by atoms with E-state index in [4.69, 9.17) is 25.5 Å². The van der Waals surface area contributed by atoms with Gasteiger partial charge in [-0.2, -0.15) is 0 Å². The van der Waals surface area contributed by atoms with Crippen LogP contribution in [0.4, 0.5) is 0 Å². The molecule has 0 spiro atoms. The van der Waals surface area contributed by atoms with Crippen LogP contribution in [0.15, 0.2) is 27.4 Å². The summed E-state index contributed by atoms with van der Waals surface area (Å²) in [7, 11) is 0. The molecule has 5 atom stereocenters.